The molecule has 6 nitrogen and oxygen atoms in total. The summed E-state index contributed by atoms with van der Waals surface area (Å²) in [6, 6.07) is 8.91. The number of aromatic nitrogens is 3. The van der Waals surface area contributed by atoms with Gasteiger partial charge in [-0.05, 0) is 25.1 Å². The van der Waals surface area contributed by atoms with Crippen LogP contribution in [0.2, 0.25) is 0 Å². The summed E-state index contributed by atoms with van der Waals surface area (Å²) < 4.78 is 5.35. The summed E-state index contributed by atoms with van der Waals surface area (Å²) in [6.45, 7) is 1.91. The summed E-state index contributed by atoms with van der Waals surface area (Å²) in [4.78, 5) is 22.7. The number of H-pyrrole nitrogens is 1. The van der Waals surface area contributed by atoms with Crippen LogP contribution in [0, 0.1) is 6.92 Å². The van der Waals surface area contributed by atoms with Gasteiger partial charge in [0.25, 0.3) is 5.56 Å². The quantitative estimate of drug-likeness (QED) is 0.748. The number of aromatic amines is 1. The maximum absolute atomic E-state index is 11.6. The van der Waals surface area contributed by atoms with Crippen LogP contribution >= 0.6 is 0 Å². The first kappa shape index (κ1) is 13.1. The average Bonchev–Trinajstić information content (AvgIpc) is 2.44. The zero-order valence-electron chi connectivity index (χ0n) is 11.7. The maximum atomic E-state index is 11.6. The fourth-order valence-corrected chi connectivity index (χ4v) is 2.29. The minimum atomic E-state index is -0.290. The highest BCUT2D eigenvalue weighted by molar-refractivity contribution is 5.97. The Kier molecular flexibility index (Phi) is 3.06. The maximum Gasteiger partial charge on any atom is 0.252 e. The van der Waals surface area contributed by atoms with Gasteiger partial charge in [0.2, 0.25) is 5.95 Å². The number of anilines is 1. The molecule has 3 rings (SSSR count). The highest BCUT2D eigenvalue weighted by Crippen LogP contribution is 2.32. The number of pyridine rings is 1. The molecule has 1 aromatic carbocycles. The molecule has 0 fully saturated rings. The molecule has 0 saturated carbocycles. The summed E-state index contributed by atoms with van der Waals surface area (Å²) in [6.07, 6.45) is 0. The molecule has 6 heteroatoms. The lowest BCUT2D eigenvalue weighted by Crippen LogP contribution is -2.10. The normalized spacial score (nSPS) is 10.8. The average molecular weight is 282 g/mol. The predicted molar refractivity (Wildman–Crippen MR) is 81.3 cm³/mol. The van der Waals surface area contributed by atoms with Crippen molar-refractivity contribution in [2.75, 3.05) is 12.8 Å². The van der Waals surface area contributed by atoms with Gasteiger partial charge in [-0.15, -0.1) is 0 Å². The molecule has 106 valence electrons. The summed E-state index contributed by atoms with van der Waals surface area (Å²) in [5.74, 6) is 0.761. The van der Waals surface area contributed by atoms with Crippen molar-refractivity contribution in [1.29, 1.82) is 0 Å². The van der Waals surface area contributed by atoms with Crippen LogP contribution in [-0.4, -0.2) is 22.1 Å². The van der Waals surface area contributed by atoms with Crippen molar-refractivity contribution in [3.8, 4) is 17.0 Å². The van der Waals surface area contributed by atoms with Crippen molar-refractivity contribution in [3.63, 3.8) is 0 Å². The van der Waals surface area contributed by atoms with Gasteiger partial charge in [-0.25, -0.2) is 9.97 Å². The zero-order valence-corrected chi connectivity index (χ0v) is 11.7. The third-order valence-electron chi connectivity index (χ3n) is 3.22. The van der Waals surface area contributed by atoms with E-state index in [-0.39, 0.29) is 11.5 Å². The van der Waals surface area contributed by atoms with Crippen LogP contribution in [-0.2, 0) is 0 Å². The highest BCUT2D eigenvalue weighted by atomic mass is 16.5. The van der Waals surface area contributed by atoms with E-state index in [4.69, 9.17) is 10.5 Å². The first-order valence-corrected chi connectivity index (χ1v) is 6.40. The van der Waals surface area contributed by atoms with Gasteiger partial charge < -0.3 is 10.5 Å². The van der Waals surface area contributed by atoms with Crippen LogP contribution in [0.3, 0.4) is 0 Å². The van der Waals surface area contributed by atoms with Crippen LogP contribution < -0.4 is 16.0 Å². The van der Waals surface area contributed by atoms with Crippen LogP contribution in [0.25, 0.3) is 22.2 Å². The second kappa shape index (κ2) is 4.90. The number of hydrogen-bond acceptors (Lipinski definition) is 5. The number of nitrogens with zero attached hydrogens (tertiary/aromatic N) is 2. The number of nitrogen functional groups attached to an aromatic ring is 1. The molecule has 0 aliphatic rings. The number of hydrogen-bond donors (Lipinski definition) is 2. The molecule has 0 bridgehead atoms. The molecule has 0 radical (unpaired) electrons. The topological polar surface area (TPSA) is 93.9 Å². The Morgan fingerprint density at radius 1 is 1.19 bits per heavy atom. The van der Waals surface area contributed by atoms with Gasteiger partial charge in [-0.1, -0.05) is 6.07 Å². The molecule has 21 heavy (non-hydrogen) atoms. The van der Waals surface area contributed by atoms with Crippen molar-refractivity contribution in [3.05, 3.63) is 46.4 Å². The minimum absolute atomic E-state index is 0.0848. The summed E-state index contributed by atoms with van der Waals surface area (Å²) in [5.41, 5.74) is 8.24. The van der Waals surface area contributed by atoms with Gasteiger partial charge in [0.15, 0.2) is 0 Å². The van der Waals surface area contributed by atoms with E-state index in [2.05, 4.69) is 15.0 Å². The lowest BCUT2D eigenvalue weighted by Gasteiger charge is -2.10. The number of ether oxygens (including phenoxy) is 1. The monoisotopic (exact) mass is 282 g/mol. The molecule has 0 saturated heterocycles. The Bertz CT molecular complexity index is 886. The Hall–Kier alpha value is -2.89. The van der Waals surface area contributed by atoms with Crippen molar-refractivity contribution < 1.29 is 4.74 Å². The van der Waals surface area contributed by atoms with Gasteiger partial charge in [0.05, 0.1) is 12.8 Å². The molecule has 0 spiro atoms. The first-order chi connectivity index (χ1) is 10.1. The van der Waals surface area contributed by atoms with Gasteiger partial charge in [-0.3, -0.25) is 9.78 Å². The van der Waals surface area contributed by atoms with Gasteiger partial charge in [0, 0.05) is 22.7 Å². The largest absolute Gasteiger partial charge is 0.494 e. The van der Waals surface area contributed by atoms with Crippen LogP contribution in [0.1, 0.15) is 5.69 Å². The van der Waals surface area contributed by atoms with Crippen LogP contribution in [0.4, 0.5) is 5.95 Å². The van der Waals surface area contributed by atoms with Crippen molar-refractivity contribution in [1.82, 2.24) is 15.0 Å². The molecular weight excluding hydrogens is 268 g/mol. The number of fused-ring (bicyclic) bond motifs is 1. The minimum Gasteiger partial charge on any atom is -0.494 e. The zero-order chi connectivity index (χ0) is 15.0. The van der Waals surface area contributed by atoms with E-state index in [1.54, 1.807) is 7.11 Å². The summed E-state index contributed by atoms with van der Waals surface area (Å²) in [7, 11) is 1.60. The number of nitrogens with two attached hydrogens (primary N) is 1. The fourth-order valence-electron chi connectivity index (χ4n) is 2.29. The predicted octanol–water partition coefficient (Wildman–Crippen LogP) is 1.88. The summed E-state index contributed by atoms with van der Waals surface area (Å²) in [5, 5.41) is 0.859. The third-order valence-corrected chi connectivity index (χ3v) is 3.22. The SMILES string of the molecule is COc1ccc(-c2cc(=O)[nH]c(N)n2)c2ccc(C)nc12. The molecule has 0 unspecified atom stereocenters. The molecule has 2 heterocycles. The van der Waals surface area contributed by atoms with Crippen molar-refractivity contribution in [2.45, 2.75) is 6.92 Å². The Balaban J connectivity index is 2.36. The van der Waals surface area contributed by atoms with E-state index in [0.29, 0.717) is 11.4 Å². The lowest BCUT2D eigenvalue weighted by molar-refractivity contribution is 0.419. The smallest absolute Gasteiger partial charge is 0.252 e. The molecule has 2 aromatic heterocycles. The molecule has 3 N–H and O–H groups in total. The van der Waals surface area contributed by atoms with Crippen LogP contribution in [0.15, 0.2) is 35.1 Å². The Morgan fingerprint density at radius 3 is 2.71 bits per heavy atom. The molecule has 0 aliphatic heterocycles. The van der Waals surface area contributed by atoms with Gasteiger partial charge >= 0.3 is 0 Å². The van der Waals surface area contributed by atoms with E-state index < -0.39 is 0 Å². The highest BCUT2D eigenvalue weighted by Gasteiger charge is 2.11. The molecule has 0 aliphatic carbocycles. The van der Waals surface area contributed by atoms with E-state index in [9.17, 15) is 4.79 Å². The molecule has 3 aromatic rings. The van der Waals surface area contributed by atoms with E-state index in [0.717, 1.165) is 22.2 Å². The number of nitrogens with one attached hydrogen (secondary N) is 1. The number of benzene rings is 1. The Morgan fingerprint density at radius 2 is 2.00 bits per heavy atom. The second-order valence-electron chi connectivity index (χ2n) is 4.68. The number of methoxy groups -OCH3 is 1. The van der Waals surface area contributed by atoms with Crippen molar-refractivity contribution in [2.24, 2.45) is 0 Å². The molecule has 0 amide bonds. The van der Waals surface area contributed by atoms with E-state index in [1.165, 1.54) is 6.07 Å². The lowest BCUT2D eigenvalue weighted by atomic mass is 10.0. The number of rotatable bonds is 2. The van der Waals surface area contributed by atoms with E-state index in [1.807, 2.05) is 31.2 Å². The second-order valence-corrected chi connectivity index (χ2v) is 4.68. The van der Waals surface area contributed by atoms with Crippen molar-refractivity contribution >= 4 is 16.9 Å². The number of aryl methyl sites for hydroxylation is 1. The Labute approximate surface area is 120 Å². The third kappa shape index (κ3) is 2.31. The van der Waals surface area contributed by atoms with E-state index >= 15 is 0 Å². The van der Waals surface area contributed by atoms with Gasteiger partial charge in [0.1, 0.15) is 11.3 Å². The molecular formula is C15H14N4O2. The molecule has 0 atom stereocenters. The van der Waals surface area contributed by atoms with Crippen LogP contribution in [0.5, 0.6) is 5.75 Å². The van der Waals surface area contributed by atoms with Gasteiger partial charge in [-0.2, -0.15) is 0 Å². The standard InChI is InChI=1S/C15H14N4O2/c1-8-3-4-10-9(5-6-12(21-2)14(10)17-8)11-7-13(20)19-15(16)18-11/h3-7H,1-2H3,(H3,16,18,19,20). The fraction of sp³-hybridized carbons (Fsp3) is 0.133. The summed E-state index contributed by atoms with van der Waals surface area (Å²) >= 11 is 0. The first-order valence-electron chi connectivity index (χ1n) is 6.40.